The third kappa shape index (κ3) is 2.70. The molecule has 2 atom stereocenters. The van der Waals surface area contributed by atoms with Gasteiger partial charge in [-0.15, -0.1) is 0 Å². The number of hydrogen-bond donors (Lipinski definition) is 1. The first-order chi connectivity index (χ1) is 10.3. The average Bonchev–Trinajstić information content (AvgIpc) is 2.91. The van der Waals surface area contributed by atoms with Gasteiger partial charge in [0.15, 0.2) is 9.84 Å². The minimum atomic E-state index is -2.97. The molecule has 2 fully saturated rings. The molecule has 0 unspecified atom stereocenters. The normalized spacial score (nSPS) is 26.0. The quantitative estimate of drug-likeness (QED) is 0.869. The number of halogens is 1. The standard InChI is InChI=1S/C14H14ClNO5S/c15-12-3-8(14(18)19)1-2-11(12)13(17)16-4-9-6-22(20,21)7-10(9)5-16/h1-3,9-10H,4-7H2,(H,18,19)/t9-,10+. The summed E-state index contributed by atoms with van der Waals surface area (Å²) in [4.78, 5) is 25.0. The van der Waals surface area contributed by atoms with Gasteiger partial charge in [0.25, 0.3) is 5.91 Å². The SMILES string of the molecule is O=C(O)c1ccc(C(=O)N2C[C@@H]3CS(=O)(=O)C[C@@H]3C2)c(Cl)c1. The second-order valence-electron chi connectivity index (χ2n) is 5.81. The van der Waals surface area contributed by atoms with E-state index >= 15 is 0 Å². The summed E-state index contributed by atoms with van der Waals surface area (Å²) < 4.78 is 23.1. The van der Waals surface area contributed by atoms with Crippen LogP contribution in [0.5, 0.6) is 0 Å². The van der Waals surface area contributed by atoms with Crippen molar-refractivity contribution < 1.29 is 23.1 Å². The Morgan fingerprint density at radius 2 is 1.77 bits per heavy atom. The molecule has 6 nitrogen and oxygen atoms in total. The maximum atomic E-state index is 12.5. The molecule has 8 heteroatoms. The number of rotatable bonds is 2. The smallest absolute Gasteiger partial charge is 0.335 e. The molecule has 1 N–H and O–H groups in total. The van der Waals surface area contributed by atoms with Crippen molar-refractivity contribution in [1.29, 1.82) is 0 Å². The Kier molecular flexibility index (Phi) is 3.65. The van der Waals surface area contributed by atoms with E-state index in [1.807, 2.05) is 0 Å². The van der Waals surface area contributed by atoms with Crippen molar-refractivity contribution in [3.63, 3.8) is 0 Å². The molecule has 0 aliphatic carbocycles. The van der Waals surface area contributed by atoms with Crippen molar-refractivity contribution >= 4 is 33.3 Å². The van der Waals surface area contributed by atoms with Crippen molar-refractivity contribution in [2.24, 2.45) is 11.8 Å². The fraction of sp³-hybridized carbons (Fsp3) is 0.429. The molecule has 0 spiro atoms. The Hall–Kier alpha value is -1.60. The number of benzene rings is 1. The molecule has 0 bridgehead atoms. The number of carbonyl (C=O) groups excluding carboxylic acids is 1. The van der Waals surface area contributed by atoms with Gasteiger partial charge in [0.1, 0.15) is 0 Å². The molecule has 1 amide bonds. The van der Waals surface area contributed by atoms with E-state index in [9.17, 15) is 18.0 Å². The van der Waals surface area contributed by atoms with Crippen LogP contribution in [0, 0.1) is 11.8 Å². The van der Waals surface area contributed by atoms with Crippen LogP contribution in [0.15, 0.2) is 18.2 Å². The average molecular weight is 344 g/mol. The number of amides is 1. The van der Waals surface area contributed by atoms with Crippen LogP contribution in [0.3, 0.4) is 0 Å². The molecule has 2 aliphatic heterocycles. The van der Waals surface area contributed by atoms with Crippen LogP contribution in [-0.2, 0) is 9.84 Å². The topological polar surface area (TPSA) is 91.8 Å². The van der Waals surface area contributed by atoms with Crippen molar-refractivity contribution in [1.82, 2.24) is 4.90 Å². The molecule has 1 aromatic rings. The summed E-state index contributed by atoms with van der Waals surface area (Å²) in [7, 11) is -2.97. The second-order valence-corrected chi connectivity index (χ2v) is 8.37. The highest BCUT2D eigenvalue weighted by Gasteiger charge is 2.45. The van der Waals surface area contributed by atoms with Crippen molar-refractivity contribution in [3.8, 4) is 0 Å². The Labute approximate surface area is 132 Å². The monoisotopic (exact) mass is 343 g/mol. The van der Waals surface area contributed by atoms with Crippen LogP contribution in [0.4, 0.5) is 0 Å². The number of hydrogen-bond acceptors (Lipinski definition) is 4. The molecule has 1 aromatic carbocycles. The third-order valence-electron chi connectivity index (χ3n) is 4.25. The van der Waals surface area contributed by atoms with Crippen LogP contribution in [-0.4, -0.2) is 54.9 Å². The van der Waals surface area contributed by atoms with Gasteiger partial charge >= 0.3 is 5.97 Å². The number of carboxylic acids is 1. The fourth-order valence-corrected chi connectivity index (χ4v) is 5.65. The first-order valence-corrected chi connectivity index (χ1v) is 8.99. The van der Waals surface area contributed by atoms with Crippen molar-refractivity contribution in [3.05, 3.63) is 34.3 Å². The lowest BCUT2D eigenvalue weighted by atomic mass is 10.0. The van der Waals surface area contributed by atoms with Crippen LogP contribution in [0.2, 0.25) is 5.02 Å². The summed E-state index contributed by atoms with van der Waals surface area (Å²) in [6.45, 7) is 0.805. The van der Waals surface area contributed by atoms with Gasteiger partial charge in [-0.2, -0.15) is 0 Å². The highest BCUT2D eigenvalue weighted by atomic mass is 35.5. The van der Waals surface area contributed by atoms with Gasteiger partial charge in [0, 0.05) is 13.1 Å². The first kappa shape index (κ1) is 15.3. The zero-order valence-corrected chi connectivity index (χ0v) is 13.1. The molecule has 0 radical (unpaired) electrons. The van der Waals surface area contributed by atoms with Crippen LogP contribution < -0.4 is 0 Å². The second kappa shape index (κ2) is 5.24. The number of fused-ring (bicyclic) bond motifs is 1. The predicted molar refractivity (Wildman–Crippen MR) is 79.9 cm³/mol. The summed E-state index contributed by atoms with van der Waals surface area (Å²) in [5.41, 5.74) is 0.264. The van der Waals surface area contributed by atoms with Crippen molar-refractivity contribution in [2.75, 3.05) is 24.6 Å². The first-order valence-electron chi connectivity index (χ1n) is 6.79. The lowest BCUT2D eigenvalue weighted by molar-refractivity contribution is 0.0695. The molecule has 118 valence electrons. The lowest BCUT2D eigenvalue weighted by Gasteiger charge is -2.18. The van der Waals surface area contributed by atoms with E-state index in [2.05, 4.69) is 0 Å². The predicted octanol–water partition coefficient (Wildman–Crippen LogP) is 1.15. The molecule has 2 heterocycles. The van der Waals surface area contributed by atoms with Gasteiger partial charge in [-0.1, -0.05) is 11.6 Å². The molecule has 0 aromatic heterocycles. The number of nitrogens with zero attached hydrogens (tertiary/aromatic N) is 1. The van der Waals surface area contributed by atoms with Gasteiger partial charge in [-0.05, 0) is 30.0 Å². The van der Waals surface area contributed by atoms with E-state index < -0.39 is 15.8 Å². The molecular formula is C14H14ClNO5S. The van der Waals surface area contributed by atoms with Gasteiger partial charge in [-0.25, -0.2) is 13.2 Å². The third-order valence-corrected chi connectivity index (χ3v) is 6.43. The highest BCUT2D eigenvalue weighted by Crippen LogP contribution is 2.34. The fourth-order valence-electron chi connectivity index (χ4n) is 3.19. The number of aromatic carboxylic acids is 1. The van der Waals surface area contributed by atoms with Crippen LogP contribution in [0.1, 0.15) is 20.7 Å². The summed E-state index contributed by atoms with van der Waals surface area (Å²) >= 11 is 6.01. The van der Waals surface area contributed by atoms with Gasteiger partial charge in [0.05, 0.1) is 27.7 Å². The summed E-state index contributed by atoms with van der Waals surface area (Å²) in [6.07, 6.45) is 0. The number of likely N-dealkylation sites (tertiary alicyclic amines) is 1. The van der Waals surface area contributed by atoms with E-state index in [0.717, 1.165) is 0 Å². The van der Waals surface area contributed by atoms with E-state index in [4.69, 9.17) is 16.7 Å². The zero-order chi connectivity index (χ0) is 16.1. The number of carbonyl (C=O) groups is 2. The number of carboxylic acid groups (broad SMARTS) is 1. The minimum Gasteiger partial charge on any atom is -0.478 e. The van der Waals surface area contributed by atoms with E-state index in [-0.39, 0.29) is 45.4 Å². The molecule has 2 saturated heterocycles. The van der Waals surface area contributed by atoms with E-state index in [0.29, 0.717) is 13.1 Å². The molecule has 3 rings (SSSR count). The van der Waals surface area contributed by atoms with E-state index in [1.54, 1.807) is 4.90 Å². The lowest BCUT2D eigenvalue weighted by Crippen LogP contribution is -2.31. The highest BCUT2D eigenvalue weighted by molar-refractivity contribution is 7.91. The van der Waals surface area contributed by atoms with Crippen molar-refractivity contribution in [2.45, 2.75) is 0 Å². The Bertz CT molecular complexity index is 740. The van der Waals surface area contributed by atoms with Gasteiger partial charge in [0.2, 0.25) is 0 Å². The molecule has 0 saturated carbocycles. The Morgan fingerprint density at radius 3 is 2.27 bits per heavy atom. The minimum absolute atomic E-state index is 0.00832. The number of sulfone groups is 1. The molecule has 22 heavy (non-hydrogen) atoms. The molecular weight excluding hydrogens is 330 g/mol. The maximum absolute atomic E-state index is 12.5. The van der Waals surface area contributed by atoms with Gasteiger partial charge in [-0.3, -0.25) is 4.79 Å². The summed E-state index contributed by atoms with van der Waals surface area (Å²) in [5, 5.41) is 8.99. The van der Waals surface area contributed by atoms with Crippen LogP contribution >= 0.6 is 11.6 Å². The molecule has 2 aliphatic rings. The van der Waals surface area contributed by atoms with Gasteiger partial charge < -0.3 is 10.0 Å². The Morgan fingerprint density at radius 1 is 1.18 bits per heavy atom. The van der Waals surface area contributed by atoms with Crippen LogP contribution in [0.25, 0.3) is 0 Å². The largest absolute Gasteiger partial charge is 0.478 e. The maximum Gasteiger partial charge on any atom is 0.335 e. The zero-order valence-electron chi connectivity index (χ0n) is 11.5. The van der Waals surface area contributed by atoms with E-state index in [1.165, 1.54) is 18.2 Å². The Balaban J connectivity index is 1.78. The summed E-state index contributed by atoms with van der Waals surface area (Å²) in [5.74, 6) is -1.15. The summed E-state index contributed by atoms with van der Waals surface area (Å²) in [6, 6.07) is 3.99.